The zero-order valence-electron chi connectivity index (χ0n) is 15.0. The van der Waals surface area contributed by atoms with Gasteiger partial charge >= 0.3 is 0 Å². The second-order valence-electron chi connectivity index (χ2n) is 6.60. The minimum absolute atomic E-state index is 0.321. The fraction of sp³-hybridized carbons (Fsp3) is 0.211. The summed E-state index contributed by atoms with van der Waals surface area (Å²) in [5.41, 5.74) is 9.47. The van der Waals surface area contributed by atoms with Gasteiger partial charge in [-0.2, -0.15) is 5.10 Å². The highest BCUT2D eigenvalue weighted by atomic mass is 32.1. The highest BCUT2D eigenvalue weighted by molar-refractivity contribution is 7.18. The Balaban J connectivity index is 1.40. The first-order valence-corrected chi connectivity index (χ1v) is 9.52. The number of nitrogens with two attached hydrogens (primary N) is 1. The highest BCUT2D eigenvalue weighted by Crippen LogP contribution is 2.29. The minimum atomic E-state index is -0.603. The summed E-state index contributed by atoms with van der Waals surface area (Å²) in [6.45, 7) is 2.36. The van der Waals surface area contributed by atoms with Gasteiger partial charge in [-0.05, 0) is 49.2 Å². The smallest absolute Gasteiger partial charge is 0.206 e. The van der Waals surface area contributed by atoms with Crippen LogP contribution < -0.4 is 11.1 Å². The van der Waals surface area contributed by atoms with Gasteiger partial charge in [0.25, 0.3) is 0 Å². The molecule has 0 saturated carbocycles. The molecule has 0 fully saturated rings. The standard InChI is InChI=1S/C19H18F2N6S/c1-10-16-7-12(2-3-17(16)25-24-10)18-26-27-19(28-18)23-9-15(22)6-11-4-13(20)8-14(21)5-11/h2-5,7-8,15H,6,9,22H2,1H3,(H,23,27)(H,24,25)/t15-/m0/s1. The monoisotopic (exact) mass is 400 g/mol. The lowest BCUT2D eigenvalue weighted by atomic mass is 10.1. The number of H-pyrrole nitrogens is 1. The molecular weight excluding hydrogens is 382 g/mol. The molecular formula is C19H18F2N6S. The van der Waals surface area contributed by atoms with Crippen LogP contribution in [0.1, 0.15) is 11.3 Å². The van der Waals surface area contributed by atoms with Gasteiger partial charge in [0.15, 0.2) is 0 Å². The third kappa shape index (κ3) is 4.00. The van der Waals surface area contributed by atoms with Crippen LogP contribution in [0.25, 0.3) is 21.5 Å². The van der Waals surface area contributed by atoms with E-state index in [4.69, 9.17) is 5.73 Å². The Morgan fingerprint density at radius 2 is 1.93 bits per heavy atom. The van der Waals surface area contributed by atoms with Crippen LogP contribution in [0.4, 0.5) is 13.9 Å². The van der Waals surface area contributed by atoms with Crippen molar-refractivity contribution in [2.24, 2.45) is 5.73 Å². The molecule has 2 heterocycles. The summed E-state index contributed by atoms with van der Waals surface area (Å²) >= 11 is 1.42. The molecule has 0 saturated heterocycles. The van der Waals surface area contributed by atoms with Crippen molar-refractivity contribution in [3.8, 4) is 10.6 Å². The van der Waals surface area contributed by atoms with Crippen molar-refractivity contribution >= 4 is 27.4 Å². The zero-order chi connectivity index (χ0) is 19.7. The van der Waals surface area contributed by atoms with Crippen molar-refractivity contribution in [3.05, 3.63) is 59.3 Å². The van der Waals surface area contributed by atoms with Crippen molar-refractivity contribution in [2.75, 3.05) is 11.9 Å². The molecule has 9 heteroatoms. The molecule has 144 valence electrons. The van der Waals surface area contributed by atoms with Crippen LogP contribution in [0.5, 0.6) is 0 Å². The van der Waals surface area contributed by atoms with Gasteiger partial charge in [0.2, 0.25) is 5.13 Å². The van der Waals surface area contributed by atoms with E-state index in [1.807, 2.05) is 25.1 Å². The molecule has 4 rings (SSSR count). The van der Waals surface area contributed by atoms with E-state index in [1.165, 1.54) is 23.5 Å². The number of aromatic amines is 1. The molecule has 2 aromatic carbocycles. The highest BCUT2D eigenvalue weighted by Gasteiger charge is 2.11. The Morgan fingerprint density at radius 3 is 2.71 bits per heavy atom. The minimum Gasteiger partial charge on any atom is -0.359 e. The van der Waals surface area contributed by atoms with Crippen molar-refractivity contribution in [1.82, 2.24) is 20.4 Å². The molecule has 0 amide bonds. The van der Waals surface area contributed by atoms with Gasteiger partial charge in [0, 0.05) is 29.6 Å². The van der Waals surface area contributed by atoms with Crippen molar-refractivity contribution in [3.63, 3.8) is 0 Å². The third-order valence-electron chi connectivity index (χ3n) is 4.36. The van der Waals surface area contributed by atoms with Crippen molar-refractivity contribution in [2.45, 2.75) is 19.4 Å². The van der Waals surface area contributed by atoms with Gasteiger partial charge in [0.1, 0.15) is 16.6 Å². The molecule has 0 aliphatic rings. The van der Waals surface area contributed by atoms with E-state index in [0.717, 1.165) is 33.2 Å². The first-order chi connectivity index (χ1) is 13.5. The first-order valence-electron chi connectivity index (χ1n) is 8.71. The fourth-order valence-corrected chi connectivity index (χ4v) is 3.76. The van der Waals surface area contributed by atoms with Crippen LogP contribution in [0.2, 0.25) is 0 Å². The Hall–Kier alpha value is -2.91. The molecule has 4 N–H and O–H groups in total. The van der Waals surface area contributed by atoms with Crippen LogP contribution >= 0.6 is 11.3 Å². The molecule has 0 unspecified atom stereocenters. The number of aromatic nitrogens is 4. The zero-order valence-corrected chi connectivity index (χ0v) is 15.9. The molecule has 0 aliphatic carbocycles. The lowest BCUT2D eigenvalue weighted by molar-refractivity contribution is 0.576. The molecule has 4 aromatic rings. The van der Waals surface area contributed by atoms with Gasteiger partial charge in [-0.15, -0.1) is 10.2 Å². The number of rotatable bonds is 6. The van der Waals surface area contributed by atoms with Crippen LogP contribution in [0.3, 0.4) is 0 Å². The molecule has 0 bridgehead atoms. The maximum atomic E-state index is 13.3. The second kappa shape index (κ2) is 7.61. The SMILES string of the molecule is Cc1n[nH]c2ccc(-c3nnc(NC[C@@H](N)Cc4cc(F)cc(F)c4)s3)cc12. The fourth-order valence-electron chi connectivity index (χ4n) is 3.01. The predicted octanol–water partition coefficient (Wildman–Crippen LogP) is 3.65. The van der Waals surface area contributed by atoms with E-state index in [-0.39, 0.29) is 6.04 Å². The average Bonchev–Trinajstić information content (AvgIpc) is 3.26. The molecule has 0 radical (unpaired) electrons. The van der Waals surface area contributed by atoms with Crippen LogP contribution in [-0.2, 0) is 6.42 Å². The Morgan fingerprint density at radius 1 is 1.14 bits per heavy atom. The van der Waals surface area contributed by atoms with Crippen LogP contribution in [0.15, 0.2) is 36.4 Å². The maximum absolute atomic E-state index is 13.3. The summed E-state index contributed by atoms with van der Waals surface area (Å²) in [5, 5.41) is 21.2. The largest absolute Gasteiger partial charge is 0.359 e. The number of halogens is 2. The average molecular weight is 400 g/mol. The van der Waals surface area contributed by atoms with Gasteiger partial charge in [0.05, 0.1) is 11.2 Å². The molecule has 1 atom stereocenters. The summed E-state index contributed by atoms with van der Waals surface area (Å²) in [6, 6.07) is 9.07. The van der Waals surface area contributed by atoms with E-state index in [2.05, 4.69) is 25.7 Å². The summed E-state index contributed by atoms with van der Waals surface area (Å²) in [4.78, 5) is 0. The molecule has 0 aliphatic heterocycles. The molecule has 6 nitrogen and oxygen atoms in total. The summed E-state index contributed by atoms with van der Waals surface area (Å²) in [6.07, 6.45) is 0.351. The van der Waals surface area contributed by atoms with Crippen LogP contribution in [0, 0.1) is 18.6 Å². The number of aryl methyl sites for hydroxylation is 1. The lowest BCUT2D eigenvalue weighted by Gasteiger charge is -2.12. The number of nitrogens with zero attached hydrogens (tertiary/aromatic N) is 3. The Labute approximate surface area is 163 Å². The molecule has 0 spiro atoms. The van der Waals surface area contributed by atoms with E-state index < -0.39 is 11.6 Å². The van der Waals surface area contributed by atoms with E-state index in [0.29, 0.717) is 23.7 Å². The number of hydrogen-bond donors (Lipinski definition) is 3. The number of fused-ring (bicyclic) bond motifs is 1. The van der Waals surface area contributed by atoms with Crippen molar-refractivity contribution < 1.29 is 8.78 Å². The summed E-state index contributed by atoms with van der Waals surface area (Å²) < 4.78 is 26.6. The number of hydrogen-bond acceptors (Lipinski definition) is 6. The Bertz CT molecular complexity index is 1100. The predicted molar refractivity (Wildman–Crippen MR) is 106 cm³/mol. The second-order valence-corrected chi connectivity index (χ2v) is 7.58. The van der Waals surface area contributed by atoms with E-state index >= 15 is 0 Å². The number of benzene rings is 2. The third-order valence-corrected chi connectivity index (χ3v) is 5.29. The number of nitrogens with one attached hydrogen (secondary N) is 2. The van der Waals surface area contributed by atoms with E-state index in [1.54, 1.807) is 0 Å². The number of anilines is 1. The maximum Gasteiger partial charge on any atom is 0.206 e. The first kappa shape index (κ1) is 18.5. The topological polar surface area (TPSA) is 92.5 Å². The van der Waals surface area contributed by atoms with Gasteiger partial charge in [-0.25, -0.2) is 8.78 Å². The quantitative estimate of drug-likeness (QED) is 0.459. The van der Waals surface area contributed by atoms with Gasteiger partial charge < -0.3 is 11.1 Å². The van der Waals surface area contributed by atoms with Crippen LogP contribution in [-0.4, -0.2) is 33.0 Å². The Kier molecular flexibility index (Phi) is 5.01. The lowest BCUT2D eigenvalue weighted by Crippen LogP contribution is -2.31. The molecule has 2 aromatic heterocycles. The summed E-state index contributed by atoms with van der Waals surface area (Å²) in [5.74, 6) is -1.21. The van der Waals surface area contributed by atoms with E-state index in [9.17, 15) is 8.78 Å². The van der Waals surface area contributed by atoms with Gasteiger partial charge in [-0.3, -0.25) is 5.10 Å². The van der Waals surface area contributed by atoms with Crippen molar-refractivity contribution in [1.29, 1.82) is 0 Å². The normalized spacial score (nSPS) is 12.4. The summed E-state index contributed by atoms with van der Waals surface area (Å²) in [7, 11) is 0. The molecule has 28 heavy (non-hydrogen) atoms. The van der Waals surface area contributed by atoms with Gasteiger partial charge in [-0.1, -0.05) is 11.3 Å².